The summed E-state index contributed by atoms with van der Waals surface area (Å²) in [4.78, 5) is 68.5. The lowest BCUT2D eigenvalue weighted by Gasteiger charge is -2.33. The number of aliphatic hydroxyl groups excluding tert-OH is 1. The minimum absolute atomic E-state index is 0.0400. The van der Waals surface area contributed by atoms with Crippen LogP contribution >= 0.6 is 0 Å². The lowest BCUT2D eigenvalue weighted by molar-refractivity contribution is -0.143. The van der Waals surface area contributed by atoms with Crippen molar-refractivity contribution in [2.75, 3.05) is 26.7 Å². The Morgan fingerprint density at radius 2 is 1.65 bits per heavy atom. The molecule has 296 valence electrons. The van der Waals surface area contributed by atoms with Gasteiger partial charge in [0.05, 0.1) is 19.2 Å². The number of fused-ring (bicyclic) bond motifs is 5. The van der Waals surface area contributed by atoms with Gasteiger partial charge >= 0.3 is 0 Å². The third-order valence-corrected chi connectivity index (χ3v) is 9.85. The molecule has 1 saturated heterocycles. The molecule has 15 heteroatoms. The molecule has 2 heterocycles. The van der Waals surface area contributed by atoms with E-state index in [2.05, 4.69) is 28.2 Å². The average molecular weight is 753 g/mol. The predicted molar refractivity (Wildman–Crippen MR) is 201 cm³/mol. The Kier molecular flexibility index (Phi) is 15.8. The predicted octanol–water partition coefficient (Wildman–Crippen LogP) is 1.66. The zero-order valence-corrected chi connectivity index (χ0v) is 31.4. The van der Waals surface area contributed by atoms with Crippen molar-refractivity contribution in [1.82, 2.24) is 26.2 Å². The first-order valence-electron chi connectivity index (χ1n) is 18.9. The van der Waals surface area contributed by atoms with E-state index in [0.717, 1.165) is 25.7 Å². The maximum atomic E-state index is 14.3. The van der Waals surface area contributed by atoms with Crippen molar-refractivity contribution < 1.29 is 44.0 Å². The van der Waals surface area contributed by atoms with E-state index in [1.165, 1.54) is 43.1 Å². The number of aliphatic hydroxyl groups is 1. The van der Waals surface area contributed by atoms with Gasteiger partial charge in [0.2, 0.25) is 23.6 Å². The van der Waals surface area contributed by atoms with Gasteiger partial charge in [-0.25, -0.2) is 0 Å². The van der Waals surface area contributed by atoms with E-state index in [9.17, 15) is 39.3 Å². The second-order valence-electron chi connectivity index (χ2n) is 14.2. The van der Waals surface area contributed by atoms with E-state index in [1.807, 2.05) is 0 Å². The van der Waals surface area contributed by atoms with Gasteiger partial charge in [-0.3, -0.25) is 29.3 Å². The van der Waals surface area contributed by atoms with Crippen molar-refractivity contribution in [2.45, 2.75) is 115 Å². The van der Waals surface area contributed by atoms with Gasteiger partial charge in [-0.1, -0.05) is 44.7 Å². The Morgan fingerprint density at radius 3 is 2.33 bits per heavy atom. The van der Waals surface area contributed by atoms with Crippen LogP contribution in [0.15, 0.2) is 36.4 Å². The molecular formula is C39H56N6O9. The molecule has 4 rings (SSSR count). The minimum Gasteiger partial charge on any atom is -0.507 e. The Hall–Kier alpha value is -4.57. The van der Waals surface area contributed by atoms with E-state index in [1.54, 1.807) is 12.1 Å². The monoisotopic (exact) mass is 752 g/mol. The van der Waals surface area contributed by atoms with E-state index < -0.39 is 54.2 Å². The van der Waals surface area contributed by atoms with Gasteiger partial charge in [0, 0.05) is 24.6 Å². The zero-order valence-electron chi connectivity index (χ0n) is 31.4. The van der Waals surface area contributed by atoms with Crippen LogP contribution in [0.25, 0.3) is 11.1 Å². The lowest BCUT2D eigenvalue weighted by atomic mass is 9.93. The quantitative estimate of drug-likeness (QED) is 0.0620. The van der Waals surface area contributed by atoms with Gasteiger partial charge in [0.1, 0.15) is 42.0 Å². The number of amides is 4. The number of carbonyl (C=O) groups excluding carboxylic acids is 5. The van der Waals surface area contributed by atoms with Gasteiger partial charge in [0.25, 0.3) is 0 Å². The highest BCUT2D eigenvalue weighted by Gasteiger charge is 2.36. The fraction of sp³-hybridized carbons (Fsp3) is 0.564. The number of ether oxygens (including phenoxy) is 1. The summed E-state index contributed by atoms with van der Waals surface area (Å²) in [6.07, 6.45) is 4.58. The average Bonchev–Trinajstić information content (AvgIpc) is 4.00. The van der Waals surface area contributed by atoms with E-state index >= 15 is 0 Å². The van der Waals surface area contributed by atoms with Crippen LogP contribution in [-0.2, 0) is 35.1 Å². The first kappa shape index (κ1) is 42.2. The number of phenolic OH excluding ortho intramolecular Hbond substituents is 2. The number of ketones is 1. The highest BCUT2D eigenvalue weighted by Crippen LogP contribution is 2.39. The molecule has 2 aliphatic rings. The van der Waals surface area contributed by atoms with Crippen LogP contribution in [0.3, 0.4) is 0 Å². The Labute approximate surface area is 316 Å². The highest BCUT2D eigenvalue weighted by atomic mass is 16.6. The van der Waals surface area contributed by atoms with Crippen LogP contribution in [-0.4, -0.2) is 107 Å². The first-order valence-corrected chi connectivity index (χ1v) is 18.9. The number of nitrogens with zero attached hydrogens (tertiary/aromatic N) is 1. The summed E-state index contributed by atoms with van der Waals surface area (Å²) in [5.41, 5.74) is 6.93. The van der Waals surface area contributed by atoms with Crippen molar-refractivity contribution in [2.24, 2.45) is 5.73 Å². The van der Waals surface area contributed by atoms with Crippen LogP contribution in [0.5, 0.6) is 11.5 Å². The van der Waals surface area contributed by atoms with Gasteiger partial charge in [-0.2, -0.15) is 0 Å². The van der Waals surface area contributed by atoms with Crippen LogP contribution in [0.2, 0.25) is 0 Å². The number of aromatic hydroxyl groups is 2. The van der Waals surface area contributed by atoms with E-state index in [4.69, 9.17) is 10.5 Å². The Morgan fingerprint density at radius 1 is 0.963 bits per heavy atom. The number of epoxide rings is 1. The number of rotatable bonds is 18. The van der Waals surface area contributed by atoms with Crippen molar-refractivity contribution in [3.05, 3.63) is 47.5 Å². The summed E-state index contributed by atoms with van der Waals surface area (Å²) in [6.45, 7) is 4.07. The highest BCUT2D eigenvalue weighted by molar-refractivity contribution is 5.95. The molecule has 0 aromatic heterocycles. The number of hydrogen-bond acceptors (Lipinski definition) is 11. The number of Topliss-reactive ketones (excluding diaryl/α,β-unsaturated/α-hetero) is 1. The summed E-state index contributed by atoms with van der Waals surface area (Å²) in [7, 11) is 1.43. The molecule has 2 aliphatic heterocycles. The third kappa shape index (κ3) is 11.7. The Bertz CT molecular complexity index is 1630. The second kappa shape index (κ2) is 20.2. The molecule has 4 amide bonds. The SMILES string of the molecule is CCCCCCCC(=O)NC(CCCCN)C(=O)N(C)C1C(=O)NC(C)C(=O)NC(C(O)NCC(=O)C2CO2)Cc2ccc(O)c(c2)-c2cc1ccc2O. The molecular weight excluding hydrogens is 696 g/mol. The van der Waals surface area contributed by atoms with E-state index in [0.29, 0.717) is 38.0 Å². The van der Waals surface area contributed by atoms with Gasteiger partial charge in [-0.15, -0.1) is 0 Å². The molecule has 0 radical (unpaired) electrons. The summed E-state index contributed by atoms with van der Waals surface area (Å²) in [5, 5.41) is 44.2. The molecule has 4 bridgehead atoms. The number of likely N-dealkylation sites (N-methyl/N-ethyl adjacent to an activating group) is 1. The summed E-state index contributed by atoms with van der Waals surface area (Å²) < 4.78 is 5.02. The zero-order chi connectivity index (χ0) is 39.4. The van der Waals surface area contributed by atoms with Gasteiger partial charge in [-0.05, 0) is 81.0 Å². The van der Waals surface area contributed by atoms with Crippen LogP contribution in [0, 0.1) is 0 Å². The molecule has 2 aromatic carbocycles. The third-order valence-electron chi connectivity index (χ3n) is 9.85. The summed E-state index contributed by atoms with van der Waals surface area (Å²) in [6, 6.07) is 4.48. The summed E-state index contributed by atoms with van der Waals surface area (Å²) >= 11 is 0. The van der Waals surface area contributed by atoms with Gasteiger partial charge < -0.3 is 46.6 Å². The lowest BCUT2D eigenvalue weighted by Crippen LogP contribution is -2.57. The molecule has 15 nitrogen and oxygen atoms in total. The molecule has 2 aromatic rings. The Balaban J connectivity index is 1.68. The smallest absolute Gasteiger partial charge is 0.248 e. The molecule has 1 fully saturated rings. The summed E-state index contributed by atoms with van der Waals surface area (Å²) in [5.74, 6) is -2.84. The number of nitrogens with one attached hydrogen (secondary N) is 4. The van der Waals surface area contributed by atoms with Crippen LogP contribution in [0.1, 0.15) is 88.8 Å². The maximum absolute atomic E-state index is 14.3. The first-order chi connectivity index (χ1) is 25.8. The number of phenols is 2. The van der Waals surface area contributed by atoms with Crippen molar-refractivity contribution in [1.29, 1.82) is 0 Å². The molecule has 54 heavy (non-hydrogen) atoms. The van der Waals surface area contributed by atoms with Crippen LogP contribution < -0.4 is 27.0 Å². The minimum atomic E-state index is -1.40. The topological polar surface area (TPSA) is 236 Å². The molecule has 6 unspecified atom stereocenters. The molecule has 9 N–H and O–H groups in total. The number of benzene rings is 2. The van der Waals surface area contributed by atoms with Crippen molar-refractivity contribution in [3.8, 4) is 22.6 Å². The molecule has 0 saturated carbocycles. The molecule has 6 atom stereocenters. The maximum Gasteiger partial charge on any atom is 0.248 e. The fourth-order valence-electron chi connectivity index (χ4n) is 6.55. The fourth-order valence-corrected chi connectivity index (χ4v) is 6.55. The van der Waals surface area contributed by atoms with Gasteiger partial charge in [0.15, 0.2) is 5.78 Å². The van der Waals surface area contributed by atoms with Crippen LogP contribution in [0.4, 0.5) is 0 Å². The second-order valence-corrected chi connectivity index (χ2v) is 14.2. The van der Waals surface area contributed by atoms with E-state index in [-0.39, 0.29) is 65.7 Å². The normalized spacial score (nSPS) is 20.8. The largest absolute Gasteiger partial charge is 0.507 e. The number of unbranched alkanes of at least 4 members (excludes halogenated alkanes) is 5. The van der Waals surface area contributed by atoms with Crippen molar-refractivity contribution in [3.63, 3.8) is 0 Å². The molecule has 0 aliphatic carbocycles. The molecule has 0 spiro atoms. The van der Waals surface area contributed by atoms with Crippen molar-refractivity contribution >= 4 is 29.4 Å². The number of nitrogens with two attached hydrogens (primary N) is 1. The number of hydrogen-bond donors (Lipinski definition) is 8. The standard InChI is InChI=1S/C39H56N6O9/c1-4-5-6-7-8-12-34(49)43-28(11-9-10-17-40)39(53)45(3)35-25-14-16-31(47)27(20-25)26-18-24(13-15-30(26)46)19-29(44-36(50)23(2)42-38(35)52)37(51)41-21-32(48)33-22-54-33/h13-16,18,20,23,28-29,33,35,37,41,46-47,51H,4-12,17,19,21-22,40H2,1-3H3,(H,42,52)(H,43,49)(H,44,50). The number of carbonyl (C=O) groups is 5.